The molecule has 0 saturated heterocycles. The summed E-state index contributed by atoms with van der Waals surface area (Å²) in [5.74, 6) is -1.17. The summed E-state index contributed by atoms with van der Waals surface area (Å²) in [5, 5.41) is 8.91. The lowest BCUT2D eigenvalue weighted by Crippen LogP contribution is -2.48. The summed E-state index contributed by atoms with van der Waals surface area (Å²) in [6.07, 6.45) is 0. The first-order chi connectivity index (χ1) is 8.55. The molecule has 0 unspecified atom stereocenters. The Morgan fingerprint density at radius 2 is 1.89 bits per heavy atom. The first kappa shape index (κ1) is 15.7. The zero-order valence-electron chi connectivity index (χ0n) is 11.5. The van der Waals surface area contributed by atoms with Crippen LogP contribution in [-0.2, 0) is 14.8 Å². The van der Waals surface area contributed by atoms with Crippen molar-refractivity contribution in [3.05, 3.63) is 29.8 Å². The largest absolute Gasteiger partial charge is 0.480 e. The quantitative estimate of drug-likeness (QED) is 0.916. The van der Waals surface area contributed by atoms with Gasteiger partial charge >= 0.3 is 5.97 Å². The predicted octanol–water partition coefficient (Wildman–Crippen LogP) is 1.87. The van der Waals surface area contributed by atoms with Gasteiger partial charge in [-0.05, 0) is 45.4 Å². The van der Waals surface area contributed by atoms with E-state index in [0.29, 0.717) is 0 Å². The van der Waals surface area contributed by atoms with Gasteiger partial charge in [0.1, 0.15) is 6.54 Å². The minimum absolute atomic E-state index is 0.115. The van der Waals surface area contributed by atoms with E-state index in [-0.39, 0.29) is 4.90 Å². The van der Waals surface area contributed by atoms with Crippen LogP contribution < -0.4 is 0 Å². The van der Waals surface area contributed by atoms with Gasteiger partial charge in [-0.2, -0.15) is 4.31 Å². The van der Waals surface area contributed by atoms with Crippen molar-refractivity contribution in [2.24, 2.45) is 0 Å². The number of carboxylic acids is 1. The third-order valence-electron chi connectivity index (χ3n) is 2.60. The SMILES string of the molecule is Cc1cccc(S(=O)(=O)N(CC(=O)O)C(C)(C)C)c1. The zero-order chi connectivity index (χ0) is 14.8. The minimum atomic E-state index is -3.82. The number of hydrogen-bond acceptors (Lipinski definition) is 3. The summed E-state index contributed by atoms with van der Waals surface area (Å²) in [4.78, 5) is 11.0. The molecule has 6 heteroatoms. The molecule has 1 aromatic rings. The van der Waals surface area contributed by atoms with Crippen LogP contribution in [0, 0.1) is 6.92 Å². The highest BCUT2D eigenvalue weighted by Crippen LogP contribution is 2.24. The Kier molecular flexibility index (Phi) is 4.37. The molecule has 0 aliphatic heterocycles. The fraction of sp³-hybridized carbons (Fsp3) is 0.462. The van der Waals surface area contributed by atoms with E-state index < -0.39 is 28.1 Å². The topological polar surface area (TPSA) is 74.7 Å². The lowest BCUT2D eigenvalue weighted by molar-refractivity contribution is -0.138. The van der Waals surface area contributed by atoms with E-state index in [0.717, 1.165) is 9.87 Å². The van der Waals surface area contributed by atoms with Crippen LogP contribution in [0.4, 0.5) is 0 Å². The number of rotatable bonds is 4. The van der Waals surface area contributed by atoms with Crippen molar-refractivity contribution >= 4 is 16.0 Å². The Labute approximate surface area is 113 Å². The van der Waals surface area contributed by atoms with Gasteiger partial charge in [0.25, 0.3) is 0 Å². The van der Waals surface area contributed by atoms with Crippen molar-refractivity contribution in [3.8, 4) is 0 Å². The molecule has 0 atom stereocenters. The van der Waals surface area contributed by atoms with Crippen molar-refractivity contribution in [2.45, 2.75) is 38.1 Å². The second kappa shape index (κ2) is 5.30. The lowest BCUT2D eigenvalue weighted by Gasteiger charge is -2.33. The van der Waals surface area contributed by atoms with Gasteiger partial charge in [0.05, 0.1) is 4.90 Å². The zero-order valence-corrected chi connectivity index (χ0v) is 12.4. The third kappa shape index (κ3) is 3.78. The van der Waals surface area contributed by atoms with Crippen LogP contribution in [0.1, 0.15) is 26.3 Å². The fourth-order valence-corrected chi connectivity index (χ4v) is 3.55. The molecule has 0 aliphatic carbocycles. The molecule has 0 radical (unpaired) electrons. The van der Waals surface area contributed by atoms with Gasteiger partial charge in [0.2, 0.25) is 10.0 Å². The fourth-order valence-electron chi connectivity index (χ4n) is 1.71. The molecule has 106 valence electrons. The molecule has 0 saturated carbocycles. The van der Waals surface area contributed by atoms with Gasteiger partial charge in [-0.1, -0.05) is 12.1 Å². The molecule has 1 N–H and O–H groups in total. The molecule has 0 fully saturated rings. The van der Waals surface area contributed by atoms with E-state index in [2.05, 4.69) is 0 Å². The summed E-state index contributed by atoms with van der Waals surface area (Å²) in [5.41, 5.74) is 0.00583. The molecule has 1 aromatic carbocycles. The number of benzene rings is 1. The van der Waals surface area contributed by atoms with Crippen LogP contribution >= 0.6 is 0 Å². The molecule has 0 aliphatic rings. The van der Waals surface area contributed by atoms with Crippen LogP contribution in [0.25, 0.3) is 0 Å². The molecule has 5 nitrogen and oxygen atoms in total. The molecule has 0 bridgehead atoms. The smallest absolute Gasteiger partial charge is 0.318 e. The number of nitrogens with zero attached hydrogens (tertiary/aromatic N) is 1. The second-order valence-corrected chi connectivity index (χ2v) is 7.26. The molecule has 0 heterocycles. The van der Waals surface area contributed by atoms with E-state index in [9.17, 15) is 13.2 Å². The number of carboxylic acid groups (broad SMARTS) is 1. The number of aryl methyl sites for hydroxylation is 1. The predicted molar refractivity (Wildman–Crippen MR) is 72.5 cm³/mol. The minimum Gasteiger partial charge on any atom is -0.480 e. The Morgan fingerprint density at radius 1 is 1.32 bits per heavy atom. The molecule has 0 amide bonds. The van der Waals surface area contributed by atoms with Gasteiger partial charge in [-0.3, -0.25) is 4.79 Å². The highest BCUT2D eigenvalue weighted by molar-refractivity contribution is 7.89. The summed E-state index contributed by atoms with van der Waals surface area (Å²) in [7, 11) is -3.82. The van der Waals surface area contributed by atoms with Crippen molar-refractivity contribution < 1.29 is 18.3 Å². The normalized spacial score (nSPS) is 12.7. The van der Waals surface area contributed by atoms with Gasteiger partial charge in [-0.25, -0.2) is 8.42 Å². The van der Waals surface area contributed by atoms with E-state index in [1.165, 1.54) is 12.1 Å². The summed E-state index contributed by atoms with van der Waals surface area (Å²) >= 11 is 0. The van der Waals surface area contributed by atoms with Gasteiger partial charge in [0.15, 0.2) is 0 Å². The average Bonchev–Trinajstić information content (AvgIpc) is 2.24. The monoisotopic (exact) mass is 285 g/mol. The molecule has 1 rings (SSSR count). The maximum atomic E-state index is 12.5. The van der Waals surface area contributed by atoms with Crippen LogP contribution in [0.2, 0.25) is 0 Å². The Bertz CT molecular complexity index is 573. The molecular weight excluding hydrogens is 266 g/mol. The van der Waals surface area contributed by atoms with Gasteiger partial charge in [0, 0.05) is 5.54 Å². The Hall–Kier alpha value is -1.40. The number of aliphatic carboxylic acids is 1. The second-order valence-electron chi connectivity index (χ2n) is 5.39. The maximum absolute atomic E-state index is 12.5. The number of hydrogen-bond donors (Lipinski definition) is 1. The van der Waals surface area contributed by atoms with Crippen molar-refractivity contribution in [1.82, 2.24) is 4.31 Å². The summed E-state index contributed by atoms with van der Waals surface area (Å²) < 4.78 is 26.1. The van der Waals surface area contributed by atoms with Crippen LogP contribution in [0.5, 0.6) is 0 Å². The number of carbonyl (C=O) groups is 1. The standard InChI is InChI=1S/C13H19NO4S/c1-10-6-5-7-11(8-10)19(17,18)14(9-12(15)16)13(2,3)4/h5-8H,9H2,1-4H3,(H,15,16). The van der Waals surface area contributed by atoms with E-state index in [4.69, 9.17) is 5.11 Å². The molecule has 0 spiro atoms. The Morgan fingerprint density at radius 3 is 2.32 bits per heavy atom. The first-order valence-corrected chi connectivity index (χ1v) is 7.30. The van der Waals surface area contributed by atoms with Crippen molar-refractivity contribution in [3.63, 3.8) is 0 Å². The summed E-state index contributed by atoms with van der Waals surface area (Å²) in [6.45, 7) is 6.24. The van der Waals surface area contributed by atoms with Gasteiger partial charge < -0.3 is 5.11 Å². The van der Waals surface area contributed by atoms with Crippen molar-refractivity contribution in [2.75, 3.05) is 6.54 Å². The number of sulfonamides is 1. The van der Waals surface area contributed by atoms with Gasteiger partial charge in [-0.15, -0.1) is 0 Å². The highest BCUT2D eigenvalue weighted by Gasteiger charge is 2.35. The lowest BCUT2D eigenvalue weighted by atomic mass is 10.1. The highest BCUT2D eigenvalue weighted by atomic mass is 32.2. The van der Waals surface area contributed by atoms with E-state index >= 15 is 0 Å². The summed E-state index contributed by atoms with van der Waals surface area (Å²) in [6, 6.07) is 6.44. The van der Waals surface area contributed by atoms with Crippen LogP contribution in [0.3, 0.4) is 0 Å². The average molecular weight is 285 g/mol. The molecule has 0 aromatic heterocycles. The van der Waals surface area contributed by atoms with E-state index in [1.54, 1.807) is 39.8 Å². The molecular formula is C13H19NO4S. The molecule has 19 heavy (non-hydrogen) atoms. The first-order valence-electron chi connectivity index (χ1n) is 5.86. The Balaban J connectivity index is 3.32. The maximum Gasteiger partial charge on any atom is 0.318 e. The van der Waals surface area contributed by atoms with Crippen LogP contribution in [0.15, 0.2) is 29.2 Å². The van der Waals surface area contributed by atoms with Crippen molar-refractivity contribution in [1.29, 1.82) is 0 Å². The van der Waals surface area contributed by atoms with Crippen LogP contribution in [-0.4, -0.2) is 35.9 Å². The third-order valence-corrected chi connectivity index (χ3v) is 4.71. The van der Waals surface area contributed by atoms with E-state index in [1.807, 2.05) is 0 Å².